The number of hydrogen-bond acceptors (Lipinski definition) is 5. The normalized spacial score (nSPS) is 14.2. The quantitative estimate of drug-likeness (QED) is 0.452. The molecule has 0 saturated carbocycles. The summed E-state index contributed by atoms with van der Waals surface area (Å²) in [5.41, 5.74) is 2.86. The van der Waals surface area contributed by atoms with Crippen LogP contribution in [0.15, 0.2) is 82.5 Å². The smallest absolute Gasteiger partial charge is 0.308 e. The Hall–Kier alpha value is -3.43. The molecule has 33 heavy (non-hydrogen) atoms. The number of aromatic nitrogens is 1. The lowest BCUT2D eigenvalue weighted by Gasteiger charge is -2.16. The van der Waals surface area contributed by atoms with Crippen molar-refractivity contribution in [1.29, 1.82) is 0 Å². The monoisotopic (exact) mass is 479 g/mol. The van der Waals surface area contributed by atoms with E-state index in [1.54, 1.807) is 39.8 Å². The number of nitrogens with one attached hydrogen (secondary N) is 1. The zero-order valence-electron chi connectivity index (χ0n) is 17.6. The molecule has 2 heterocycles. The van der Waals surface area contributed by atoms with Gasteiger partial charge < -0.3 is 4.90 Å². The highest BCUT2D eigenvalue weighted by Gasteiger charge is 2.22. The minimum Gasteiger partial charge on any atom is -0.312 e. The first-order valence-corrected chi connectivity index (χ1v) is 12.8. The fraction of sp³-hybridized carbons (Fsp3) is 0.167. The molecule has 3 aromatic carbocycles. The average Bonchev–Trinajstić information content (AvgIpc) is 3.37. The fourth-order valence-electron chi connectivity index (χ4n) is 3.97. The molecule has 5 rings (SSSR count). The average molecular weight is 480 g/mol. The molecule has 168 valence electrons. The van der Waals surface area contributed by atoms with Crippen molar-refractivity contribution in [2.75, 3.05) is 16.2 Å². The van der Waals surface area contributed by atoms with Crippen molar-refractivity contribution in [3.8, 4) is 0 Å². The molecule has 0 unspecified atom stereocenters. The second-order valence-corrected chi connectivity index (χ2v) is 10.5. The topological polar surface area (TPSA) is 88.5 Å². The molecule has 0 bridgehead atoms. The third kappa shape index (κ3) is 4.29. The van der Waals surface area contributed by atoms with Crippen molar-refractivity contribution >= 4 is 48.9 Å². The largest absolute Gasteiger partial charge is 0.312 e. The van der Waals surface area contributed by atoms with E-state index in [2.05, 4.69) is 4.72 Å². The van der Waals surface area contributed by atoms with E-state index >= 15 is 0 Å². The number of fused-ring (bicyclic) bond motifs is 1. The maximum Gasteiger partial charge on any atom is 0.308 e. The molecule has 1 amide bonds. The van der Waals surface area contributed by atoms with Crippen LogP contribution in [0.4, 0.5) is 11.4 Å². The minimum atomic E-state index is -3.85. The summed E-state index contributed by atoms with van der Waals surface area (Å²) in [5.74, 6) is 0.0785. The van der Waals surface area contributed by atoms with E-state index in [1.165, 1.54) is 12.1 Å². The zero-order valence-corrected chi connectivity index (χ0v) is 19.2. The van der Waals surface area contributed by atoms with Crippen molar-refractivity contribution in [2.45, 2.75) is 24.3 Å². The number of thiazole rings is 1. The van der Waals surface area contributed by atoms with Gasteiger partial charge in [-0.15, -0.1) is 0 Å². The Labute approximate surface area is 195 Å². The van der Waals surface area contributed by atoms with Crippen LogP contribution in [0.1, 0.15) is 18.4 Å². The summed E-state index contributed by atoms with van der Waals surface area (Å²) in [7, 11) is -3.85. The van der Waals surface area contributed by atoms with Gasteiger partial charge in [0.2, 0.25) is 5.91 Å². The van der Waals surface area contributed by atoms with Crippen LogP contribution >= 0.6 is 11.3 Å². The van der Waals surface area contributed by atoms with Crippen LogP contribution in [0, 0.1) is 0 Å². The third-order valence-electron chi connectivity index (χ3n) is 5.64. The van der Waals surface area contributed by atoms with Gasteiger partial charge in [0.25, 0.3) is 10.0 Å². The minimum absolute atomic E-state index is 0.0785. The third-order valence-corrected chi connectivity index (χ3v) is 7.96. The van der Waals surface area contributed by atoms with Gasteiger partial charge in [-0.2, -0.15) is 0 Å². The highest BCUT2D eigenvalue weighted by Crippen LogP contribution is 2.26. The predicted octanol–water partition coefficient (Wildman–Crippen LogP) is 4.04. The van der Waals surface area contributed by atoms with Crippen LogP contribution in [-0.2, 0) is 21.4 Å². The fourth-order valence-corrected chi connectivity index (χ4v) is 6.06. The van der Waals surface area contributed by atoms with Crippen molar-refractivity contribution in [1.82, 2.24) is 4.57 Å². The summed E-state index contributed by atoms with van der Waals surface area (Å²) in [6, 6.07) is 21.1. The van der Waals surface area contributed by atoms with Crippen LogP contribution in [0.2, 0.25) is 0 Å². The van der Waals surface area contributed by atoms with E-state index in [0.29, 0.717) is 35.4 Å². The number of rotatable bonds is 6. The Balaban J connectivity index is 1.39. The first-order valence-electron chi connectivity index (χ1n) is 10.5. The highest BCUT2D eigenvalue weighted by atomic mass is 32.2. The van der Waals surface area contributed by atoms with E-state index in [-0.39, 0.29) is 15.7 Å². The molecule has 0 spiro atoms. The van der Waals surface area contributed by atoms with Crippen molar-refractivity contribution < 1.29 is 13.2 Å². The van der Waals surface area contributed by atoms with Crippen LogP contribution in [0.25, 0.3) is 10.2 Å². The van der Waals surface area contributed by atoms with E-state index in [0.717, 1.165) is 29.0 Å². The lowest BCUT2D eigenvalue weighted by molar-refractivity contribution is -0.117. The number of anilines is 2. The zero-order chi connectivity index (χ0) is 23.0. The number of sulfonamides is 1. The second-order valence-electron chi connectivity index (χ2n) is 7.87. The van der Waals surface area contributed by atoms with E-state index in [1.807, 2.05) is 30.3 Å². The Kier molecular flexibility index (Phi) is 5.51. The van der Waals surface area contributed by atoms with Crippen molar-refractivity contribution in [3.05, 3.63) is 88.0 Å². The van der Waals surface area contributed by atoms with Crippen LogP contribution < -0.4 is 14.5 Å². The molecule has 1 aromatic heterocycles. The molecule has 4 aromatic rings. The maximum absolute atomic E-state index is 13.0. The van der Waals surface area contributed by atoms with Gasteiger partial charge in [0.1, 0.15) is 0 Å². The van der Waals surface area contributed by atoms with Gasteiger partial charge in [0, 0.05) is 24.3 Å². The maximum atomic E-state index is 13.0. The van der Waals surface area contributed by atoms with Crippen molar-refractivity contribution in [3.63, 3.8) is 0 Å². The van der Waals surface area contributed by atoms with E-state index in [9.17, 15) is 18.0 Å². The Bertz CT molecular complexity index is 1490. The molecule has 0 atom stereocenters. The van der Waals surface area contributed by atoms with Gasteiger partial charge in [-0.05, 0) is 54.4 Å². The molecule has 0 radical (unpaired) electrons. The summed E-state index contributed by atoms with van der Waals surface area (Å²) < 4.78 is 30.8. The van der Waals surface area contributed by atoms with Crippen molar-refractivity contribution in [2.24, 2.45) is 0 Å². The molecule has 9 heteroatoms. The standard InChI is InChI=1S/C24H21N3O4S2/c28-23-7-4-14-26(23)19-10-8-18(9-11-19)25-33(30,31)20-12-13-21-22(15-20)32-24(29)27(21)16-17-5-2-1-3-6-17/h1-3,5-6,8-13,15,25H,4,7,14,16H2. The molecular formula is C24H21N3O4S2. The summed E-state index contributed by atoms with van der Waals surface area (Å²) >= 11 is 1.03. The molecular weight excluding hydrogens is 458 g/mol. The Morgan fingerprint density at radius 2 is 1.70 bits per heavy atom. The van der Waals surface area contributed by atoms with Gasteiger partial charge in [-0.3, -0.25) is 18.9 Å². The van der Waals surface area contributed by atoms with E-state index in [4.69, 9.17) is 0 Å². The number of nitrogens with zero attached hydrogens (tertiary/aromatic N) is 2. The lowest BCUT2D eigenvalue weighted by Crippen LogP contribution is -2.23. The summed E-state index contributed by atoms with van der Waals surface area (Å²) in [4.78, 5) is 26.1. The van der Waals surface area contributed by atoms with Gasteiger partial charge in [0.15, 0.2) is 0 Å². The van der Waals surface area contributed by atoms with Crippen LogP contribution in [-0.4, -0.2) is 25.4 Å². The number of carbonyl (C=O) groups excluding carboxylic acids is 1. The van der Waals surface area contributed by atoms with Gasteiger partial charge in [-0.25, -0.2) is 8.42 Å². The highest BCUT2D eigenvalue weighted by molar-refractivity contribution is 7.92. The summed E-state index contributed by atoms with van der Waals surface area (Å²) in [6.45, 7) is 1.10. The number of carbonyl (C=O) groups is 1. The predicted molar refractivity (Wildman–Crippen MR) is 130 cm³/mol. The lowest BCUT2D eigenvalue weighted by atomic mass is 10.2. The van der Waals surface area contributed by atoms with E-state index < -0.39 is 10.0 Å². The summed E-state index contributed by atoms with van der Waals surface area (Å²) in [5, 5.41) is 0. The first kappa shape index (κ1) is 21.4. The van der Waals surface area contributed by atoms with Gasteiger partial charge in [0.05, 0.1) is 21.7 Å². The number of benzene rings is 3. The molecule has 7 nitrogen and oxygen atoms in total. The Morgan fingerprint density at radius 1 is 0.939 bits per heavy atom. The SMILES string of the molecule is O=C1CCCN1c1ccc(NS(=O)(=O)c2ccc3c(c2)sc(=O)n3Cc2ccccc2)cc1. The van der Waals surface area contributed by atoms with Crippen LogP contribution in [0.3, 0.4) is 0 Å². The molecule has 1 fully saturated rings. The summed E-state index contributed by atoms with van der Waals surface area (Å²) in [6.07, 6.45) is 1.37. The number of hydrogen-bond donors (Lipinski definition) is 1. The molecule has 0 aliphatic carbocycles. The van der Waals surface area contributed by atoms with Gasteiger partial charge in [-0.1, -0.05) is 41.7 Å². The Morgan fingerprint density at radius 3 is 2.39 bits per heavy atom. The number of amides is 1. The molecule has 1 aliphatic rings. The molecule has 1 aliphatic heterocycles. The first-order chi connectivity index (χ1) is 15.9. The van der Waals surface area contributed by atoms with Gasteiger partial charge >= 0.3 is 4.87 Å². The molecule has 1 N–H and O–H groups in total. The van der Waals surface area contributed by atoms with Crippen LogP contribution in [0.5, 0.6) is 0 Å². The second kappa shape index (κ2) is 8.49. The molecule has 1 saturated heterocycles.